The molecule has 180 valence electrons. The Morgan fingerprint density at radius 2 is 1.59 bits per heavy atom. The second-order valence-corrected chi connectivity index (χ2v) is 9.42. The van der Waals surface area contributed by atoms with E-state index in [0.29, 0.717) is 25.3 Å². The summed E-state index contributed by atoms with van der Waals surface area (Å²) >= 11 is 0. The van der Waals surface area contributed by atoms with Crippen LogP contribution in [0.2, 0.25) is 0 Å². The molecule has 0 heterocycles. The fraction of sp³-hybridized carbons (Fsp3) is 0.269. The van der Waals surface area contributed by atoms with Gasteiger partial charge in [-0.15, -0.1) is 0 Å². The van der Waals surface area contributed by atoms with Crippen molar-refractivity contribution < 1.29 is 22.7 Å². The van der Waals surface area contributed by atoms with Gasteiger partial charge in [-0.05, 0) is 54.4 Å². The Kier molecular flexibility index (Phi) is 9.21. The molecule has 0 unspecified atom stereocenters. The van der Waals surface area contributed by atoms with Gasteiger partial charge in [-0.1, -0.05) is 42.5 Å². The molecule has 0 saturated heterocycles. The van der Waals surface area contributed by atoms with Gasteiger partial charge in [0, 0.05) is 32.3 Å². The highest BCUT2D eigenvalue weighted by Crippen LogP contribution is 2.17. The molecule has 3 aromatic carbocycles. The zero-order valence-electron chi connectivity index (χ0n) is 19.4. The number of amides is 1. The third-order valence-electron chi connectivity index (χ3n) is 5.22. The number of methoxy groups -OCH3 is 1. The molecule has 7 nitrogen and oxygen atoms in total. The van der Waals surface area contributed by atoms with Crippen LogP contribution in [0.15, 0.2) is 83.8 Å². The first-order chi connectivity index (χ1) is 16.4. The number of ether oxygens (including phenoxy) is 2. The Bertz CT molecular complexity index is 1150. The van der Waals surface area contributed by atoms with Gasteiger partial charge >= 0.3 is 0 Å². The summed E-state index contributed by atoms with van der Waals surface area (Å²) in [5.74, 6) is 0.598. The number of sulfonamides is 1. The maximum Gasteiger partial charge on any atom is 0.254 e. The van der Waals surface area contributed by atoms with E-state index >= 15 is 0 Å². The van der Waals surface area contributed by atoms with Crippen LogP contribution in [0.25, 0.3) is 0 Å². The van der Waals surface area contributed by atoms with Crippen molar-refractivity contribution >= 4 is 15.9 Å². The zero-order chi connectivity index (χ0) is 24.4. The Labute approximate surface area is 201 Å². The molecule has 3 rings (SSSR count). The minimum atomic E-state index is -3.64. The topological polar surface area (TPSA) is 84.9 Å². The second-order valence-electron chi connectivity index (χ2n) is 7.65. The van der Waals surface area contributed by atoms with E-state index in [1.807, 2.05) is 61.5 Å². The van der Waals surface area contributed by atoms with Crippen LogP contribution in [0.3, 0.4) is 0 Å². The number of hydrogen-bond acceptors (Lipinski definition) is 5. The van der Waals surface area contributed by atoms with E-state index in [2.05, 4.69) is 4.72 Å². The van der Waals surface area contributed by atoms with E-state index in [4.69, 9.17) is 9.47 Å². The predicted molar refractivity (Wildman–Crippen MR) is 131 cm³/mol. The third kappa shape index (κ3) is 7.15. The monoisotopic (exact) mass is 482 g/mol. The largest absolute Gasteiger partial charge is 0.489 e. The van der Waals surface area contributed by atoms with Crippen molar-refractivity contribution in [1.82, 2.24) is 9.62 Å². The standard InChI is InChI=1S/C26H30N2O5S/c1-3-28(19-21-9-13-24(14-10-21)33-20-22-7-5-4-6-8-22)26(29)23-11-15-25(16-12-23)34(30,31)27-17-18-32-2/h4-16,27H,3,17-20H2,1-2H3. The van der Waals surface area contributed by atoms with Crippen LogP contribution in [-0.2, 0) is 27.9 Å². The van der Waals surface area contributed by atoms with Crippen LogP contribution in [0.4, 0.5) is 0 Å². The number of benzene rings is 3. The van der Waals surface area contributed by atoms with Crippen molar-refractivity contribution in [2.75, 3.05) is 26.8 Å². The number of rotatable bonds is 12. The molecule has 8 heteroatoms. The van der Waals surface area contributed by atoms with E-state index < -0.39 is 10.0 Å². The highest BCUT2D eigenvalue weighted by molar-refractivity contribution is 7.89. The van der Waals surface area contributed by atoms with Crippen LogP contribution in [0, 0.1) is 0 Å². The average molecular weight is 483 g/mol. The van der Waals surface area contributed by atoms with E-state index in [1.165, 1.54) is 31.4 Å². The fourth-order valence-corrected chi connectivity index (χ4v) is 4.31. The summed E-state index contributed by atoms with van der Waals surface area (Å²) in [6, 6.07) is 23.6. The lowest BCUT2D eigenvalue weighted by Gasteiger charge is -2.21. The third-order valence-corrected chi connectivity index (χ3v) is 6.70. The molecule has 1 amide bonds. The highest BCUT2D eigenvalue weighted by Gasteiger charge is 2.18. The second kappa shape index (κ2) is 12.3. The molecule has 34 heavy (non-hydrogen) atoms. The molecule has 0 aliphatic carbocycles. The van der Waals surface area contributed by atoms with E-state index in [1.54, 1.807) is 4.90 Å². The van der Waals surface area contributed by atoms with E-state index in [9.17, 15) is 13.2 Å². The Hall–Kier alpha value is -3.20. The maximum atomic E-state index is 13.0. The molecule has 0 spiro atoms. The van der Waals surface area contributed by atoms with Crippen molar-refractivity contribution in [3.05, 3.63) is 95.6 Å². The Morgan fingerprint density at radius 1 is 0.912 bits per heavy atom. The number of carbonyl (C=O) groups excluding carboxylic acids is 1. The lowest BCUT2D eigenvalue weighted by atomic mass is 10.1. The molecule has 3 aromatic rings. The molecule has 0 aliphatic heterocycles. The normalized spacial score (nSPS) is 11.2. The van der Waals surface area contributed by atoms with Crippen molar-refractivity contribution in [1.29, 1.82) is 0 Å². The lowest BCUT2D eigenvalue weighted by Crippen LogP contribution is -2.30. The van der Waals surface area contributed by atoms with Gasteiger partial charge in [-0.2, -0.15) is 0 Å². The van der Waals surface area contributed by atoms with Gasteiger partial charge in [0.05, 0.1) is 11.5 Å². The number of carbonyl (C=O) groups is 1. The van der Waals surface area contributed by atoms with Crippen LogP contribution in [0.5, 0.6) is 5.75 Å². The minimum Gasteiger partial charge on any atom is -0.489 e. The van der Waals surface area contributed by atoms with Crippen LogP contribution in [-0.4, -0.2) is 46.0 Å². The van der Waals surface area contributed by atoms with Crippen molar-refractivity contribution in [3.63, 3.8) is 0 Å². The summed E-state index contributed by atoms with van der Waals surface area (Å²) in [4.78, 5) is 14.8. The summed E-state index contributed by atoms with van der Waals surface area (Å²) in [5.41, 5.74) is 2.50. The Morgan fingerprint density at radius 3 is 2.21 bits per heavy atom. The predicted octanol–water partition coefficient (Wildman–Crippen LogP) is 3.85. The van der Waals surface area contributed by atoms with E-state index in [-0.39, 0.29) is 24.0 Å². The zero-order valence-corrected chi connectivity index (χ0v) is 20.3. The minimum absolute atomic E-state index is 0.106. The van der Waals surface area contributed by atoms with Crippen molar-refractivity contribution in [3.8, 4) is 5.75 Å². The maximum absolute atomic E-state index is 13.0. The fourth-order valence-electron chi connectivity index (χ4n) is 3.30. The van der Waals surface area contributed by atoms with Crippen LogP contribution in [0.1, 0.15) is 28.4 Å². The van der Waals surface area contributed by atoms with Crippen LogP contribution >= 0.6 is 0 Å². The average Bonchev–Trinajstić information content (AvgIpc) is 2.87. The van der Waals surface area contributed by atoms with E-state index in [0.717, 1.165) is 16.9 Å². The van der Waals surface area contributed by atoms with Gasteiger partial charge in [0.1, 0.15) is 12.4 Å². The summed E-state index contributed by atoms with van der Waals surface area (Å²) in [7, 11) is -2.14. The molecule has 0 aromatic heterocycles. The van der Waals surface area contributed by atoms with Gasteiger partial charge in [0.25, 0.3) is 5.91 Å². The molecular formula is C26H30N2O5S. The molecular weight excluding hydrogens is 452 g/mol. The molecule has 1 N–H and O–H groups in total. The quantitative estimate of drug-likeness (QED) is 0.397. The summed E-state index contributed by atoms with van der Waals surface area (Å²) in [6.07, 6.45) is 0. The summed E-state index contributed by atoms with van der Waals surface area (Å²) in [6.45, 7) is 3.82. The first-order valence-electron chi connectivity index (χ1n) is 11.1. The first kappa shape index (κ1) is 25.4. The SMILES string of the molecule is CCN(Cc1ccc(OCc2ccccc2)cc1)C(=O)c1ccc(S(=O)(=O)NCCOC)cc1. The van der Waals surface area contributed by atoms with Gasteiger partial charge in [-0.25, -0.2) is 13.1 Å². The smallest absolute Gasteiger partial charge is 0.254 e. The lowest BCUT2D eigenvalue weighted by molar-refractivity contribution is 0.0752. The first-order valence-corrected chi connectivity index (χ1v) is 12.5. The van der Waals surface area contributed by atoms with Crippen molar-refractivity contribution in [2.24, 2.45) is 0 Å². The number of hydrogen-bond donors (Lipinski definition) is 1. The molecule has 0 atom stereocenters. The molecule has 0 radical (unpaired) electrons. The number of nitrogens with zero attached hydrogens (tertiary/aromatic N) is 1. The van der Waals surface area contributed by atoms with Crippen LogP contribution < -0.4 is 9.46 Å². The molecule has 0 fully saturated rings. The van der Waals surface area contributed by atoms with Crippen molar-refractivity contribution in [2.45, 2.75) is 25.0 Å². The summed E-state index contributed by atoms with van der Waals surface area (Å²) < 4.78 is 37.7. The Balaban J connectivity index is 1.59. The summed E-state index contributed by atoms with van der Waals surface area (Å²) in [5, 5.41) is 0. The molecule has 0 bridgehead atoms. The number of nitrogens with one attached hydrogen (secondary N) is 1. The van der Waals surface area contributed by atoms with Gasteiger partial charge in [0.15, 0.2) is 0 Å². The van der Waals surface area contributed by atoms with Gasteiger partial charge in [-0.3, -0.25) is 4.79 Å². The van der Waals surface area contributed by atoms with Gasteiger partial charge < -0.3 is 14.4 Å². The molecule has 0 aliphatic rings. The highest BCUT2D eigenvalue weighted by atomic mass is 32.2. The molecule has 0 saturated carbocycles. The van der Waals surface area contributed by atoms with Gasteiger partial charge in [0.2, 0.25) is 10.0 Å².